The van der Waals surface area contributed by atoms with E-state index in [9.17, 15) is 9.59 Å². The van der Waals surface area contributed by atoms with E-state index in [0.717, 1.165) is 0 Å². The summed E-state index contributed by atoms with van der Waals surface area (Å²) in [6, 6.07) is 0. The van der Waals surface area contributed by atoms with Gasteiger partial charge in [0.05, 0.1) is 19.1 Å². The number of Topliss-reactive ketones (excluding diaryl/α,β-unsaturated/α-hetero) is 1. The minimum absolute atomic E-state index is 0.0638. The van der Waals surface area contributed by atoms with Crippen LogP contribution in [0.4, 0.5) is 0 Å². The predicted molar refractivity (Wildman–Crippen MR) is 36.2 cm³/mol. The van der Waals surface area contributed by atoms with Crippen LogP contribution in [0.2, 0.25) is 0 Å². The lowest BCUT2D eigenvalue weighted by Gasteiger charge is -2.19. The third-order valence-electron chi connectivity index (χ3n) is 1.59. The van der Waals surface area contributed by atoms with Crippen LogP contribution >= 0.6 is 0 Å². The highest BCUT2D eigenvalue weighted by Gasteiger charge is 2.21. The molecule has 0 spiro atoms. The van der Waals surface area contributed by atoms with E-state index >= 15 is 0 Å². The Labute approximate surface area is 64.2 Å². The number of hydrogen-bond acceptors (Lipinski definition) is 3. The average Bonchev–Trinajstić information content (AvgIpc) is 1.85. The molecule has 0 saturated carbocycles. The molecule has 1 N–H and O–H groups in total. The molecule has 11 heavy (non-hydrogen) atoms. The van der Waals surface area contributed by atoms with E-state index in [-0.39, 0.29) is 18.6 Å². The van der Waals surface area contributed by atoms with Crippen molar-refractivity contribution >= 4 is 11.8 Å². The van der Waals surface area contributed by atoms with E-state index in [0.29, 0.717) is 13.0 Å². The van der Waals surface area contributed by atoms with E-state index in [4.69, 9.17) is 9.84 Å². The Morgan fingerprint density at radius 2 is 2.45 bits per heavy atom. The van der Waals surface area contributed by atoms with Gasteiger partial charge in [-0.2, -0.15) is 0 Å². The van der Waals surface area contributed by atoms with Crippen molar-refractivity contribution in [3.05, 3.63) is 0 Å². The number of carboxylic acid groups (broad SMARTS) is 1. The Hall–Kier alpha value is -0.900. The van der Waals surface area contributed by atoms with Gasteiger partial charge in [0.15, 0.2) is 0 Å². The van der Waals surface area contributed by atoms with Crippen LogP contribution in [0.5, 0.6) is 0 Å². The van der Waals surface area contributed by atoms with E-state index in [1.54, 1.807) is 0 Å². The minimum atomic E-state index is -0.912. The molecular formula is C7H10O4. The van der Waals surface area contributed by atoms with Gasteiger partial charge in [-0.05, 0) is 0 Å². The maximum absolute atomic E-state index is 10.8. The highest BCUT2D eigenvalue weighted by molar-refractivity contribution is 5.80. The number of carbonyl (C=O) groups is 2. The molecule has 1 unspecified atom stereocenters. The van der Waals surface area contributed by atoms with Crippen LogP contribution in [-0.2, 0) is 14.3 Å². The van der Waals surface area contributed by atoms with E-state index in [2.05, 4.69) is 0 Å². The summed E-state index contributed by atoms with van der Waals surface area (Å²) in [6.07, 6.45) is 0.225. The van der Waals surface area contributed by atoms with Crippen molar-refractivity contribution in [1.82, 2.24) is 0 Å². The summed E-state index contributed by atoms with van der Waals surface area (Å²) in [5.41, 5.74) is 0. The first-order valence-electron chi connectivity index (χ1n) is 3.53. The van der Waals surface area contributed by atoms with E-state index in [1.165, 1.54) is 0 Å². The van der Waals surface area contributed by atoms with Crippen LogP contribution < -0.4 is 0 Å². The van der Waals surface area contributed by atoms with Crippen LogP contribution in [0, 0.1) is 0 Å². The molecular weight excluding hydrogens is 148 g/mol. The molecule has 4 heteroatoms. The zero-order chi connectivity index (χ0) is 8.27. The molecule has 0 aromatic carbocycles. The highest BCUT2D eigenvalue weighted by atomic mass is 16.5. The smallest absolute Gasteiger partial charge is 0.305 e. The first-order chi connectivity index (χ1) is 5.18. The van der Waals surface area contributed by atoms with Crippen molar-refractivity contribution in [2.45, 2.75) is 25.4 Å². The highest BCUT2D eigenvalue weighted by Crippen LogP contribution is 2.12. The number of hydrogen-bond donors (Lipinski definition) is 1. The number of carbonyl (C=O) groups excluding carboxylic acids is 1. The minimum Gasteiger partial charge on any atom is -0.481 e. The van der Waals surface area contributed by atoms with Gasteiger partial charge in [0.25, 0.3) is 0 Å². The molecule has 0 radical (unpaired) electrons. The summed E-state index contributed by atoms with van der Waals surface area (Å²) in [6.45, 7) is 0.372. The fourth-order valence-corrected chi connectivity index (χ4v) is 1.08. The summed E-state index contributed by atoms with van der Waals surface area (Å²) >= 11 is 0. The molecule has 1 aliphatic rings. The van der Waals surface area contributed by atoms with Gasteiger partial charge in [0, 0.05) is 12.8 Å². The summed E-state index contributed by atoms with van der Waals surface area (Å²) in [4.78, 5) is 21.0. The van der Waals surface area contributed by atoms with Crippen LogP contribution in [-0.4, -0.2) is 29.6 Å². The quantitative estimate of drug-likeness (QED) is 0.623. The Morgan fingerprint density at radius 1 is 1.73 bits per heavy atom. The first-order valence-corrected chi connectivity index (χ1v) is 3.53. The third kappa shape index (κ3) is 2.67. The van der Waals surface area contributed by atoms with Crippen molar-refractivity contribution in [3.8, 4) is 0 Å². The molecule has 1 aliphatic heterocycles. The second-order valence-electron chi connectivity index (χ2n) is 2.58. The van der Waals surface area contributed by atoms with Gasteiger partial charge < -0.3 is 9.84 Å². The molecule has 62 valence electrons. The van der Waals surface area contributed by atoms with Gasteiger partial charge in [-0.1, -0.05) is 0 Å². The predicted octanol–water partition coefficient (Wildman–Crippen LogP) is 0.209. The number of ether oxygens (including phenoxy) is 1. The van der Waals surface area contributed by atoms with E-state index < -0.39 is 12.1 Å². The molecule has 1 heterocycles. The zero-order valence-electron chi connectivity index (χ0n) is 6.08. The van der Waals surface area contributed by atoms with Gasteiger partial charge in [0.1, 0.15) is 5.78 Å². The maximum Gasteiger partial charge on any atom is 0.305 e. The zero-order valence-corrected chi connectivity index (χ0v) is 6.08. The van der Waals surface area contributed by atoms with E-state index in [1.807, 2.05) is 0 Å². The molecule has 4 nitrogen and oxygen atoms in total. The molecule has 0 amide bonds. The molecule has 0 aromatic rings. The average molecular weight is 158 g/mol. The van der Waals surface area contributed by atoms with Gasteiger partial charge in [0.2, 0.25) is 0 Å². The summed E-state index contributed by atoms with van der Waals surface area (Å²) in [5.74, 6) is -0.813. The normalized spacial score (nSPS) is 25.1. The molecule has 0 aromatic heterocycles. The number of carboxylic acids is 1. The second-order valence-corrected chi connectivity index (χ2v) is 2.58. The number of rotatable bonds is 2. The van der Waals surface area contributed by atoms with Crippen molar-refractivity contribution in [3.63, 3.8) is 0 Å². The van der Waals surface area contributed by atoms with Crippen LogP contribution in [0.25, 0.3) is 0 Å². The molecule has 1 atom stereocenters. The Balaban J connectivity index is 2.34. The standard InChI is InChI=1S/C7H10O4/c8-5-1-2-11-6(3-5)4-7(9)10/h6H,1-4H2,(H,9,10). The fourth-order valence-electron chi connectivity index (χ4n) is 1.08. The molecule has 1 fully saturated rings. The number of ketones is 1. The topological polar surface area (TPSA) is 63.6 Å². The van der Waals surface area contributed by atoms with Crippen LogP contribution in [0.3, 0.4) is 0 Å². The summed E-state index contributed by atoms with van der Waals surface area (Å²) < 4.78 is 5.06. The summed E-state index contributed by atoms with van der Waals surface area (Å²) in [7, 11) is 0. The lowest BCUT2D eigenvalue weighted by molar-refractivity contribution is -0.142. The SMILES string of the molecule is O=C(O)CC1CC(=O)CCO1. The van der Waals surface area contributed by atoms with Gasteiger partial charge in [-0.15, -0.1) is 0 Å². The van der Waals surface area contributed by atoms with Crippen LogP contribution in [0.15, 0.2) is 0 Å². The molecule has 0 aliphatic carbocycles. The van der Waals surface area contributed by atoms with Crippen LogP contribution in [0.1, 0.15) is 19.3 Å². The Kier molecular flexibility index (Phi) is 2.59. The van der Waals surface area contributed by atoms with Gasteiger partial charge in [-0.25, -0.2) is 0 Å². The first kappa shape index (κ1) is 8.20. The monoisotopic (exact) mass is 158 g/mol. The maximum atomic E-state index is 10.8. The largest absolute Gasteiger partial charge is 0.481 e. The molecule has 1 rings (SSSR count). The second kappa shape index (κ2) is 3.48. The lowest BCUT2D eigenvalue weighted by Crippen LogP contribution is -2.27. The van der Waals surface area contributed by atoms with Crippen molar-refractivity contribution in [2.75, 3.05) is 6.61 Å². The Morgan fingerprint density at radius 3 is 3.00 bits per heavy atom. The summed E-state index contributed by atoms with van der Waals surface area (Å²) in [5, 5.41) is 8.36. The Bertz CT molecular complexity index is 173. The lowest BCUT2D eigenvalue weighted by atomic mass is 10.1. The number of aliphatic carboxylic acids is 1. The van der Waals surface area contributed by atoms with Gasteiger partial charge in [-0.3, -0.25) is 9.59 Å². The third-order valence-corrected chi connectivity index (χ3v) is 1.59. The van der Waals surface area contributed by atoms with Crippen molar-refractivity contribution < 1.29 is 19.4 Å². The fraction of sp³-hybridized carbons (Fsp3) is 0.714. The van der Waals surface area contributed by atoms with Crippen molar-refractivity contribution in [2.24, 2.45) is 0 Å². The van der Waals surface area contributed by atoms with Gasteiger partial charge >= 0.3 is 5.97 Å². The molecule has 1 saturated heterocycles. The van der Waals surface area contributed by atoms with Crippen molar-refractivity contribution in [1.29, 1.82) is 0 Å². The molecule has 0 bridgehead atoms.